The van der Waals surface area contributed by atoms with Crippen molar-refractivity contribution in [3.63, 3.8) is 0 Å². The standard InChI is InChI=1S/C12H11N3OS2/c1-7-6-18-12(13-7)14-11(16)9-5-10-8(15(9)2)3-4-17-10/h3-6H,1-2H3,(H,13,14,16). The maximum absolute atomic E-state index is 12.2. The van der Waals surface area contributed by atoms with Crippen LogP contribution in [0.15, 0.2) is 22.9 Å². The highest BCUT2D eigenvalue weighted by molar-refractivity contribution is 7.17. The molecule has 6 heteroatoms. The van der Waals surface area contributed by atoms with E-state index in [2.05, 4.69) is 10.3 Å². The van der Waals surface area contributed by atoms with Crippen molar-refractivity contribution in [2.45, 2.75) is 6.92 Å². The summed E-state index contributed by atoms with van der Waals surface area (Å²) in [6.45, 7) is 1.91. The predicted octanol–water partition coefficient (Wildman–Crippen LogP) is 3.26. The van der Waals surface area contributed by atoms with Crippen LogP contribution in [0.5, 0.6) is 0 Å². The molecular weight excluding hydrogens is 266 g/mol. The van der Waals surface area contributed by atoms with Crippen LogP contribution in [0, 0.1) is 6.92 Å². The molecule has 0 spiro atoms. The molecule has 3 aromatic heterocycles. The first-order chi connectivity index (χ1) is 8.65. The molecule has 0 aliphatic carbocycles. The van der Waals surface area contributed by atoms with E-state index in [1.165, 1.54) is 11.3 Å². The predicted molar refractivity (Wildman–Crippen MR) is 75.6 cm³/mol. The topological polar surface area (TPSA) is 46.9 Å². The Hall–Kier alpha value is -1.66. The van der Waals surface area contributed by atoms with Gasteiger partial charge in [0.15, 0.2) is 5.13 Å². The maximum atomic E-state index is 12.2. The lowest BCUT2D eigenvalue weighted by atomic mass is 10.4. The monoisotopic (exact) mass is 277 g/mol. The molecule has 0 radical (unpaired) electrons. The number of aromatic nitrogens is 2. The van der Waals surface area contributed by atoms with E-state index < -0.39 is 0 Å². The van der Waals surface area contributed by atoms with Crippen LogP contribution in [0.1, 0.15) is 16.2 Å². The molecule has 18 heavy (non-hydrogen) atoms. The molecule has 0 unspecified atom stereocenters. The van der Waals surface area contributed by atoms with E-state index in [-0.39, 0.29) is 5.91 Å². The van der Waals surface area contributed by atoms with Crippen molar-refractivity contribution in [2.24, 2.45) is 7.05 Å². The number of hydrogen-bond acceptors (Lipinski definition) is 4. The number of amides is 1. The van der Waals surface area contributed by atoms with Gasteiger partial charge in [0.1, 0.15) is 5.69 Å². The molecule has 1 N–H and O–H groups in total. The molecule has 3 heterocycles. The van der Waals surface area contributed by atoms with Crippen LogP contribution in [0.25, 0.3) is 10.2 Å². The summed E-state index contributed by atoms with van der Waals surface area (Å²) >= 11 is 3.07. The Kier molecular flexibility index (Phi) is 2.68. The molecule has 0 saturated carbocycles. The van der Waals surface area contributed by atoms with Gasteiger partial charge >= 0.3 is 0 Å². The van der Waals surface area contributed by atoms with E-state index in [9.17, 15) is 4.79 Å². The summed E-state index contributed by atoms with van der Waals surface area (Å²) in [5, 5.41) is 7.40. The minimum atomic E-state index is -0.116. The van der Waals surface area contributed by atoms with Crippen LogP contribution in [-0.2, 0) is 7.05 Å². The number of nitrogens with zero attached hydrogens (tertiary/aromatic N) is 2. The summed E-state index contributed by atoms with van der Waals surface area (Å²) in [7, 11) is 1.90. The molecule has 0 saturated heterocycles. The van der Waals surface area contributed by atoms with Crippen molar-refractivity contribution < 1.29 is 4.79 Å². The third-order valence-corrected chi connectivity index (χ3v) is 4.46. The molecule has 4 nitrogen and oxygen atoms in total. The highest BCUT2D eigenvalue weighted by Gasteiger charge is 2.15. The van der Waals surface area contributed by atoms with Crippen LogP contribution in [0.4, 0.5) is 5.13 Å². The average molecular weight is 277 g/mol. The molecule has 3 aromatic rings. The smallest absolute Gasteiger partial charge is 0.274 e. The van der Waals surface area contributed by atoms with Crippen molar-refractivity contribution in [1.82, 2.24) is 9.55 Å². The Bertz CT molecular complexity index is 723. The Morgan fingerprint density at radius 3 is 2.94 bits per heavy atom. The van der Waals surface area contributed by atoms with Gasteiger partial charge in [-0.15, -0.1) is 22.7 Å². The number of anilines is 1. The minimum Gasteiger partial charge on any atom is -0.339 e. The number of carbonyl (C=O) groups excluding carboxylic acids is 1. The fraction of sp³-hybridized carbons (Fsp3) is 0.167. The van der Waals surface area contributed by atoms with Crippen molar-refractivity contribution in [1.29, 1.82) is 0 Å². The quantitative estimate of drug-likeness (QED) is 0.781. The molecular formula is C12H11N3OS2. The van der Waals surface area contributed by atoms with Gasteiger partial charge < -0.3 is 4.57 Å². The first-order valence-corrected chi connectivity index (χ1v) is 7.17. The summed E-state index contributed by atoms with van der Waals surface area (Å²) in [5.41, 5.74) is 2.66. The minimum absolute atomic E-state index is 0.116. The third kappa shape index (κ3) is 1.83. The Labute approximate surface area is 112 Å². The van der Waals surface area contributed by atoms with E-state index in [0.717, 1.165) is 15.9 Å². The first-order valence-electron chi connectivity index (χ1n) is 5.41. The third-order valence-electron chi connectivity index (χ3n) is 2.74. The van der Waals surface area contributed by atoms with Crippen LogP contribution in [0.2, 0.25) is 0 Å². The van der Waals surface area contributed by atoms with Crippen LogP contribution in [-0.4, -0.2) is 15.5 Å². The van der Waals surface area contributed by atoms with E-state index in [4.69, 9.17) is 0 Å². The van der Waals surface area contributed by atoms with Crippen LogP contribution < -0.4 is 5.32 Å². The molecule has 0 atom stereocenters. The van der Waals surface area contributed by atoms with Crippen molar-refractivity contribution in [3.8, 4) is 0 Å². The van der Waals surface area contributed by atoms with Gasteiger partial charge in [-0.1, -0.05) is 0 Å². The number of carbonyl (C=O) groups is 1. The van der Waals surface area contributed by atoms with Gasteiger partial charge in [-0.25, -0.2) is 4.98 Å². The van der Waals surface area contributed by atoms with Crippen LogP contribution in [0.3, 0.4) is 0 Å². The highest BCUT2D eigenvalue weighted by atomic mass is 32.1. The second-order valence-corrected chi connectivity index (χ2v) is 5.81. The van der Waals surface area contributed by atoms with Gasteiger partial charge in [0.25, 0.3) is 5.91 Å². The summed E-state index contributed by atoms with van der Waals surface area (Å²) < 4.78 is 3.03. The fourth-order valence-corrected chi connectivity index (χ4v) is 3.37. The second-order valence-electron chi connectivity index (χ2n) is 4.01. The van der Waals surface area contributed by atoms with Gasteiger partial charge in [0, 0.05) is 12.4 Å². The molecule has 0 aromatic carbocycles. The van der Waals surface area contributed by atoms with Gasteiger partial charge in [-0.3, -0.25) is 10.1 Å². The first kappa shape index (κ1) is 11.4. The number of hydrogen-bond donors (Lipinski definition) is 1. The Morgan fingerprint density at radius 1 is 1.44 bits per heavy atom. The summed E-state index contributed by atoms with van der Waals surface area (Å²) in [6, 6.07) is 3.93. The summed E-state index contributed by atoms with van der Waals surface area (Å²) in [5.74, 6) is -0.116. The number of aryl methyl sites for hydroxylation is 2. The number of thiophene rings is 1. The highest BCUT2D eigenvalue weighted by Crippen LogP contribution is 2.25. The number of thiazole rings is 1. The second kappa shape index (κ2) is 4.22. The molecule has 0 fully saturated rings. The zero-order valence-corrected chi connectivity index (χ0v) is 11.6. The molecule has 0 aliphatic heterocycles. The zero-order valence-electron chi connectivity index (χ0n) is 9.93. The van der Waals surface area contributed by atoms with Crippen molar-refractivity contribution >= 4 is 43.9 Å². The number of nitrogens with one attached hydrogen (secondary N) is 1. The lowest BCUT2D eigenvalue weighted by Gasteiger charge is -2.03. The van der Waals surface area contributed by atoms with E-state index in [1.54, 1.807) is 11.3 Å². The van der Waals surface area contributed by atoms with Crippen molar-refractivity contribution in [2.75, 3.05) is 5.32 Å². The van der Waals surface area contributed by atoms with Gasteiger partial charge in [0.2, 0.25) is 0 Å². The fourth-order valence-electron chi connectivity index (χ4n) is 1.84. The Balaban J connectivity index is 1.92. The lowest BCUT2D eigenvalue weighted by Crippen LogP contribution is -2.15. The summed E-state index contributed by atoms with van der Waals surface area (Å²) in [4.78, 5) is 16.4. The molecule has 1 amide bonds. The normalized spacial score (nSPS) is 11.0. The van der Waals surface area contributed by atoms with Gasteiger partial charge in [-0.2, -0.15) is 0 Å². The van der Waals surface area contributed by atoms with Gasteiger partial charge in [-0.05, 0) is 24.4 Å². The molecule has 92 valence electrons. The molecule has 3 rings (SSSR count). The van der Waals surface area contributed by atoms with Crippen molar-refractivity contribution in [3.05, 3.63) is 34.3 Å². The number of rotatable bonds is 2. The zero-order chi connectivity index (χ0) is 12.7. The molecule has 0 aliphatic rings. The van der Waals surface area contributed by atoms with E-state index in [0.29, 0.717) is 10.8 Å². The summed E-state index contributed by atoms with van der Waals surface area (Å²) in [6.07, 6.45) is 0. The lowest BCUT2D eigenvalue weighted by molar-refractivity contribution is 0.102. The number of fused-ring (bicyclic) bond motifs is 1. The van der Waals surface area contributed by atoms with Gasteiger partial charge in [0.05, 0.1) is 15.9 Å². The maximum Gasteiger partial charge on any atom is 0.274 e. The van der Waals surface area contributed by atoms with E-state index in [1.807, 2.05) is 41.4 Å². The largest absolute Gasteiger partial charge is 0.339 e. The average Bonchev–Trinajstić information content (AvgIpc) is 2.98. The SMILES string of the molecule is Cc1csc(NC(=O)c2cc3sccc3n2C)n1. The molecule has 0 bridgehead atoms. The van der Waals surface area contributed by atoms with E-state index >= 15 is 0 Å². The Morgan fingerprint density at radius 2 is 2.28 bits per heavy atom. The van der Waals surface area contributed by atoms with Crippen LogP contribution >= 0.6 is 22.7 Å².